The lowest BCUT2D eigenvalue weighted by atomic mass is 10.1. The first-order chi connectivity index (χ1) is 7.27. The molecule has 76 valence electrons. The summed E-state index contributed by atoms with van der Waals surface area (Å²) < 4.78 is 0. The van der Waals surface area contributed by atoms with Gasteiger partial charge in [-0.2, -0.15) is 0 Å². The average molecular weight is 201 g/mol. The fourth-order valence-electron chi connectivity index (χ4n) is 2.55. The van der Waals surface area contributed by atoms with E-state index in [1.54, 1.807) is 4.90 Å². The SMILES string of the molecule is O=C1CC2CC1N(c1ccccc1)C2=O. The van der Waals surface area contributed by atoms with E-state index in [4.69, 9.17) is 0 Å². The molecule has 1 aliphatic heterocycles. The molecular weight excluding hydrogens is 190 g/mol. The van der Waals surface area contributed by atoms with Gasteiger partial charge < -0.3 is 4.90 Å². The highest BCUT2D eigenvalue weighted by Crippen LogP contribution is 2.38. The molecule has 1 heterocycles. The number of Topliss-reactive ketones (excluding diaryl/α,β-unsaturated/α-hetero) is 1. The molecule has 2 bridgehead atoms. The minimum atomic E-state index is -0.190. The number of carbonyl (C=O) groups is 2. The predicted octanol–water partition coefficient (Wildman–Crippen LogP) is 1.38. The van der Waals surface area contributed by atoms with Crippen LogP contribution in [0.2, 0.25) is 0 Å². The molecule has 15 heavy (non-hydrogen) atoms. The monoisotopic (exact) mass is 201 g/mol. The molecule has 2 fully saturated rings. The number of ketones is 1. The highest BCUT2D eigenvalue weighted by atomic mass is 16.2. The largest absolute Gasteiger partial charge is 0.302 e. The minimum absolute atomic E-state index is 0.0530. The Balaban J connectivity index is 2.01. The Morgan fingerprint density at radius 3 is 2.53 bits per heavy atom. The maximum absolute atomic E-state index is 11.9. The van der Waals surface area contributed by atoms with Crippen molar-refractivity contribution in [1.82, 2.24) is 0 Å². The van der Waals surface area contributed by atoms with Crippen LogP contribution in [0.5, 0.6) is 0 Å². The third-order valence-corrected chi connectivity index (χ3v) is 3.26. The van der Waals surface area contributed by atoms with E-state index in [9.17, 15) is 9.59 Å². The van der Waals surface area contributed by atoms with Crippen molar-refractivity contribution in [3.05, 3.63) is 30.3 Å². The number of rotatable bonds is 1. The topological polar surface area (TPSA) is 37.4 Å². The number of fused-ring (bicyclic) bond motifs is 2. The molecular formula is C12H11NO2. The highest BCUT2D eigenvalue weighted by molar-refractivity contribution is 6.11. The number of hydrogen-bond acceptors (Lipinski definition) is 2. The van der Waals surface area contributed by atoms with Crippen LogP contribution in [0.3, 0.4) is 0 Å². The second kappa shape index (κ2) is 2.92. The van der Waals surface area contributed by atoms with Gasteiger partial charge in [-0.25, -0.2) is 0 Å². The summed E-state index contributed by atoms with van der Waals surface area (Å²) in [5.41, 5.74) is 0.850. The number of para-hydroxylation sites is 1. The number of hydrogen-bond donors (Lipinski definition) is 0. The number of benzene rings is 1. The number of carbonyl (C=O) groups excluding carboxylic acids is 2. The molecule has 2 atom stereocenters. The first kappa shape index (κ1) is 8.65. The summed E-state index contributed by atoms with van der Waals surface area (Å²) in [6.07, 6.45) is 1.17. The number of anilines is 1. The fourth-order valence-corrected chi connectivity index (χ4v) is 2.55. The Morgan fingerprint density at radius 1 is 1.13 bits per heavy atom. The van der Waals surface area contributed by atoms with E-state index < -0.39 is 0 Å². The van der Waals surface area contributed by atoms with Gasteiger partial charge >= 0.3 is 0 Å². The van der Waals surface area contributed by atoms with Crippen LogP contribution >= 0.6 is 0 Å². The lowest BCUT2D eigenvalue weighted by Crippen LogP contribution is -2.42. The average Bonchev–Trinajstić information content (AvgIpc) is 2.76. The Bertz CT molecular complexity index is 427. The first-order valence-electron chi connectivity index (χ1n) is 5.18. The fraction of sp³-hybridized carbons (Fsp3) is 0.333. The molecule has 1 aliphatic carbocycles. The number of amides is 1. The molecule has 2 aliphatic rings. The molecule has 1 aromatic carbocycles. The molecule has 0 aromatic heterocycles. The van der Waals surface area contributed by atoms with Gasteiger partial charge in [0.2, 0.25) is 5.91 Å². The third kappa shape index (κ3) is 1.12. The Morgan fingerprint density at radius 2 is 1.87 bits per heavy atom. The zero-order valence-electron chi connectivity index (χ0n) is 8.22. The second-order valence-electron chi connectivity index (χ2n) is 4.16. The molecule has 2 unspecified atom stereocenters. The van der Waals surface area contributed by atoms with Gasteiger partial charge in [0.25, 0.3) is 0 Å². The summed E-state index contributed by atoms with van der Waals surface area (Å²) in [7, 11) is 0. The summed E-state index contributed by atoms with van der Waals surface area (Å²) in [5.74, 6) is 0.275. The van der Waals surface area contributed by atoms with Gasteiger partial charge in [-0.05, 0) is 18.6 Å². The maximum Gasteiger partial charge on any atom is 0.231 e. The van der Waals surface area contributed by atoms with Crippen LogP contribution in [-0.2, 0) is 9.59 Å². The summed E-state index contributed by atoms with van der Waals surface area (Å²) in [5, 5.41) is 0. The van der Waals surface area contributed by atoms with Crippen molar-refractivity contribution in [2.24, 2.45) is 5.92 Å². The van der Waals surface area contributed by atoms with Gasteiger partial charge in [0.05, 0.1) is 6.04 Å². The summed E-state index contributed by atoms with van der Waals surface area (Å²) >= 11 is 0. The van der Waals surface area contributed by atoms with Gasteiger partial charge in [-0.15, -0.1) is 0 Å². The quantitative estimate of drug-likeness (QED) is 0.688. The van der Waals surface area contributed by atoms with E-state index in [0.717, 1.165) is 5.69 Å². The number of nitrogens with zero attached hydrogens (tertiary/aromatic N) is 1. The van der Waals surface area contributed by atoms with E-state index in [0.29, 0.717) is 12.8 Å². The summed E-state index contributed by atoms with van der Waals surface area (Å²) in [4.78, 5) is 25.1. The molecule has 0 radical (unpaired) electrons. The summed E-state index contributed by atoms with van der Waals surface area (Å²) in [6.45, 7) is 0. The van der Waals surface area contributed by atoms with Crippen molar-refractivity contribution < 1.29 is 9.59 Å². The van der Waals surface area contributed by atoms with Crippen LogP contribution in [0.4, 0.5) is 5.69 Å². The van der Waals surface area contributed by atoms with E-state index in [1.165, 1.54) is 0 Å². The van der Waals surface area contributed by atoms with Crippen molar-refractivity contribution in [3.63, 3.8) is 0 Å². The molecule has 1 saturated heterocycles. The first-order valence-corrected chi connectivity index (χ1v) is 5.18. The molecule has 1 aromatic rings. The van der Waals surface area contributed by atoms with Crippen molar-refractivity contribution in [1.29, 1.82) is 0 Å². The smallest absolute Gasteiger partial charge is 0.231 e. The van der Waals surface area contributed by atoms with E-state index in [1.807, 2.05) is 30.3 Å². The molecule has 3 rings (SSSR count). The van der Waals surface area contributed by atoms with Crippen LogP contribution in [-0.4, -0.2) is 17.7 Å². The molecule has 0 spiro atoms. The van der Waals surface area contributed by atoms with Crippen LogP contribution in [0, 0.1) is 5.92 Å². The Labute approximate surface area is 87.7 Å². The lowest BCUT2D eigenvalue weighted by Gasteiger charge is -2.26. The second-order valence-corrected chi connectivity index (χ2v) is 4.16. The summed E-state index contributed by atoms with van der Waals surface area (Å²) in [6, 6.07) is 9.25. The highest BCUT2D eigenvalue weighted by Gasteiger charge is 2.50. The van der Waals surface area contributed by atoms with Gasteiger partial charge in [0.1, 0.15) is 0 Å². The van der Waals surface area contributed by atoms with Gasteiger partial charge in [0.15, 0.2) is 5.78 Å². The number of piperidine rings is 1. The van der Waals surface area contributed by atoms with E-state index in [2.05, 4.69) is 0 Å². The lowest BCUT2D eigenvalue weighted by molar-refractivity contribution is -0.128. The zero-order chi connectivity index (χ0) is 10.4. The van der Waals surface area contributed by atoms with Crippen molar-refractivity contribution in [2.75, 3.05) is 4.90 Å². The molecule has 3 heteroatoms. The van der Waals surface area contributed by atoms with Crippen molar-refractivity contribution in [2.45, 2.75) is 18.9 Å². The molecule has 1 saturated carbocycles. The van der Waals surface area contributed by atoms with E-state index >= 15 is 0 Å². The molecule has 1 amide bonds. The third-order valence-electron chi connectivity index (χ3n) is 3.26. The minimum Gasteiger partial charge on any atom is -0.302 e. The normalized spacial score (nSPS) is 28.9. The Kier molecular flexibility index (Phi) is 1.69. The van der Waals surface area contributed by atoms with Crippen LogP contribution < -0.4 is 4.90 Å². The van der Waals surface area contributed by atoms with Gasteiger partial charge in [-0.3, -0.25) is 9.59 Å². The predicted molar refractivity (Wildman–Crippen MR) is 55.4 cm³/mol. The standard InChI is InChI=1S/C12H11NO2/c14-11-7-8-6-10(11)13(12(8)15)9-4-2-1-3-5-9/h1-5,8,10H,6-7H2. The zero-order valence-corrected chi connectivity index (χ0v) is 8.22. The van der Waals surface area contributed by atoms with Crippen molar-refractivity contribution in [3.8, 4) is 0 Å². The van der Waals surface area contributed by atoms with Crippen LogP contribution in [0.15, 0.2) is 30.3 Å². The van der Waals surface area contributed by atoms with Crippen LogP contribution in [0.25, 0.3) is 0 Å². The van der Waals surface area contributed by atoms with Gasteiger partial charge in [0, 0.05) is 18.0 Å². The van der Waals surface area contributed by atoms with Crippen molar-refractivity contribution >= 4 is 17.4 Å². The van der Waals surface area contributed by atoms with E-state index in [-0.39, 0.29) is 23.7 Å². The molecule has 0 N–H and O–H groups in total. The Hall–Kier alpha value is -1.64. The van der Waals surface area contributed by atoms with Gasteiger partial charge in [-0.1, -0.05) is 18.2 Å². The van der Waals surface area contributed by atoms with Crippen LogP contribution in [0.1, 0.15) is 12.8 Å². The maximum atomic E-state index is 11.9. The molecule has 3 nitrogen and oxygen atoms in total.